The second-order valence-electron chi connectivity index (χ2n) is 5.02. The Balaban J connectivity index is 1.69. The van der Waals surface area contributed by atoms with Crippen molar-refractivity contribution in [1.29, 1.82) is 0 Å². The summed E-state index contributed by atoms with van der Waals surface area (Å²) >= 11 is 5.29. The van der Waals surface area contributed by atoms with Gasteiger partial charge in [-0.15, -0.1) is 0 Å². The molecule has 1 saturated heterocycles. The molecule has 0 aliphatic carbocycles. The zero-order valence-corrected chi connectivity index (χ0v) is 12.1. The summed E-state index contributed by atoms with van der Waals surface area (Å²) in [7, 11) is 0. The van der Waals surface area contributed by atoms with E-state index >= 15 is 0 Å². The monoisotopic (exact) mass is 295 g/mol. The summed E-state index contributed by atoms with van der Waals surface area (Å²) in [5.41, 5.74) is 1.35. The van der Waals surface area contributed by atoms with Crippen molar-refractivity contribution in [3.05, 3.63) is 28.8 Å². The number of fused-ring (bicyclic) bond motifs is 1. The lowest BCUT2D eigenvalue weighted by Crippen LogP contribution is -2.37. The molecular formula is C14H18FN3OS. The van der Waals surface area contributed by atoms with Gasteiger partial charge in [-0.2, -0.15) is 0 Å². The quantitative estimate of drug-likeness (QED) is 0.880. The fourth-order valence-electron chi connectivity index (χ4n) is 2.64. The van der Waals surface area contributed by atoms with Gasteiger partial charge in [0.25, 0.3) is 0 Å². The van der Waals surface area contributed by atoms with E-state index in [2.05, 4.69) is 9.88 Å². The first-order chi connectivity index (χ1) is 9.75. The van der Waals surface area contributed by atoms with Gasteiger partial charge in [0, 0.05) is 26.2 Å². The number of hydrogen-bond donors (Lipinski definition) is 1. The Morgan fingerprint density at radius 1 is 1.25 bits per heavy atom. The van der Waals surface area contributed by atoms with Crippen LogP contribution in [0.4, 0.5) is 4.39 Å². The molecule has 0 spiro atoms. The van der Waals surface area contributed by atoms with Crippen molar-refractivity contribution >= 4 is 23.3 Å². The van der Waals surface area contributed by atoms with Crippen LogP contribution >= 0.6 is 12.2 Å². The normalized spacial score (nSPS) is 16.9. The highest BCUT2D eigenvalue weighted by Crippen LogP contribution is 2.17. The fourth-order valence-corrected chi connectivity index (χ4v) is 2.94. The van der Waals surface area contributed by atoms with Gasteiger partial charge in [0.05, 0.1) is 18.7 Å². The van der Waals surface area contributed by atoms with E-state index in [4.69, 9.17) is 17.0 Å². The van der Waals surface area contributed by atoms with Crippen LogP contribution in [0, 0.1) is 10.6 Å². The molecule has 2 heterocycles. The van der Waals surface area contributed by atoms with Gasteiger partial charge in [-0.1, -0.05) is 6.07 Å². The Hall–Kier alpha value is -1.24. The van der Waals surface area contributed by atoms with E-state index in [9.17, 15) is 4.39 Å². The highest BCUT2D eigenvalue weighted by molar-refractivity contribution is 7.71. The molecule has 0 radical (unpaired) electrons. The molecular weight excluding hydrogens is 277 g/mol. The minimum Gasteiger partial charge on any atom is -0.379 e. The summed E-state index contributed by atoms with van der Waals surface area (Å²) in [6.07, 6.45) is 0.998. The Morgan fingerprint density at radius 2 is 2.05 bits per heavy atom. The minimum atomic E-state index is -0.250. The number of aryl methyl sites for hydroxylation is 1. The topological polar surface area (TPSA) is 33.2 Å². The average Bonchev–Trinajstić information content (AvgIpc) is 2.78. The smallest absolute Gasteiger partial charge is 0.178 e. The number of ether oxygens (including phenoxy) is 1. The van der Waals surface area contributed by atoms with Crippen molar-refractivity contribution in [1.82, 2.24) is 14.5 Å². The number of nitrogens with one attached hydrogen (secondary N) is 1. The third-order valence-electron chi connectivity index (χ3n) is 3.72. The van der Waals surface area contributed by atoms with Crippen LogP contribution in [0.5, 0.6) is 0 Å². The summed E-state index contributed by atoms with van der Waals surface area (Å²) < 4.78 is 21.6. The number of aromatic nitrogens is 2. The van der Waals surface area contributed by atoms with E-state index in [1.807, 2.05) is 10.6 Å². The Bertz CT molecular complexity index is 645. The van der Waals surface area contributed by atoms with Gasteiger partial charge >= 0.3 is 0 Å². The molecule has 0 amide bonds. The predicted molar refractivity (Wildman–Crippen MR) is 79.0 cm³/mol. The van der Waals surface area contributed by atoms with Crippen molar-refractivity contribution in [2.45, 2.75) is 13.0 Å². The highest BCUT2D eigenvalue weighted by Gasteiger charge is 2.11. The number of rotatable bonds is 4. The van der Waals surface area contributed by atoms with Crippen molar-refractivity contribution in [2.24, 2.45) is 0 Å². The first-order valence-corrected chi connectivity index (χ1v) is 7.33. The molecule has 1 fully saturated rings. The molecule has 0 unspecified atom stereocenters. The number of imidazole rings is 1. The van der Waals surface area contributed by atoms with Crippen LogP contribution in [0.2, 0.25) is 0 Å². The number of nitrogens with zero attached hydrogens (tertiary/aromatic N) is 2. The molecule has 1 aromatic carbocycles. The number of halogens is 1. The number of H-pyrrole nitrogens is 1. The molecule has 0 bridgehead atoms. The Labute approximate surface area is 122 Å². The van der Waals surface area contributed by atoms with Crippen LogP contribution < -0.4 is 0 Å². The molecule has 108 valence electrons. The fraction of sp³-hybridized carbons (Fsp3) is 0.500. The average molecular weight is 295 g/mol. The van der Waals surface area contributed by atoms with E-state index in [1.165, 1.54) is 6.07 Å². The number of hydrogen-bond acceptors (Lipinski definition) is 3. The zero-order chi connectivity index (χ0) is 13.9. The summed E-state index contributed by atoms with van der Waals surface area (Å²) in [5, 5.41) is 0. The zero-order valence-electron chi connectivity index (χ0n) is 11.3. The van der Waals surface area contributed by atoms with Crippen molar-refractivity contribution in [3.63, 3.8) is 0 Å². The van der Waals surface area contributed by atoms with Gasteiger partial charge in [-0.05, 0) is 30.8 Å². The SMILES string of the molecule is Fc1cccc2c1[nH]c(=S)n2CCCN1CCOCC1. The van der Waals surface area contributed by atoms with E-state index in [0.29, 0.717) is 10.3 Å². The van der Waals surface area contributed by atoms with Gasteiger partial charge in [-0.3, -0.25) is 4.90 Å². The molecule has 3 rings (SSSR count). The predicted octanol–water partition coefficient (Wildman–Crippen LogP) is 2.56. The standard InChI is InChI=1S/C14H18FN3OS/c15-11-3-1-4-12-13(11)16-14(20)18(12)6-2-5-17-7-9-19-10-8-17/h1,3-4H,2,5-10H2,(H,16,20). The van der Waals surface area contributed by atoms with E-state index < -0.39 is 0 Å². The van der Waals surface area contributed by atoms with Crippen molar-refractivity contribution < 1.29 is 9.13 Å². The number of benzene rings is 1. The van der Waals surface area contributed by atoms with Gasteiger partial charge in [0.1, 0.15) is 11.3 Å². The summed E-state index contributed by atoms with van der Waals surface area (Å²) in [6, 6.07) is 5.07. The molecule has 0 atom stereocenters. The van der Waals surface area contributed by atoms with Gasteiger partial charge in [-0.25, -0.2) is 4.39 Å². The summed E-state index contributed by atoms with van der Waals surface area (Å²) in [4.78, 5) is 5.34. The molecule has 1 aliphatic rings. The van der Waals surface area contributed by atoms with Crippen molar-refractivity contribution in [3.8, 4) is 0 Å². The summed E-state index contributed by atoms with van der Waals surface area (Å²) in [5.74, 6) is -0.250. The third-order valence-corrected chi connectivity index (χ3v) is 4.04. The van der Waals surface area contributed by atoms with E-state index in [-0.39, 0.29) is 5.82 Å². The molecule has 1 N–H and O–H groups in total. The lowest BCUT2D eigenvalue weighted by atomic mass is 10.3. The van der Waals surface area contributed by atoms with Crippen LogP contribution in [0.15, 0.2) is 18.2 Å². The maximum atomic E-state index is 13.7. The van der Waals surface area contributed by atoms with Gasteiger partial charge in [0.15, 0.2) is 4.77 Å². The van der Waals surface area contributed by atoms with Crippen molar-refractivity contribution in [2.75, 3.05) is 32.8 Å². The second kappa shape index (κ2) is 6.03. The molecule has 0 saturated carbocycles. The third kappa shape index (κ3) is 2.77. The molecule has 1 aliphatic heterocycles. The van der Waals surface area contributed by atoms with Crippen LogP contribution in [0.25, 0.3) is 11.0 Å². The van der Waals surface area contributed by atoms with E-state index in [0.717, 1.165) is 51.3 Å². The Kier molecular flexibility index (Phi) is 4.14. The molecule has 1 aromatic heterocycles. The van der Waals surface area contributed by atoms with Gasteiger partial charge < -0.3 is 14.3 Å². The maximum absolute atomic E-state index is 13.7. The van der Waals surface area contributed by atoms with Crippen LogP contribution in [-0.2, 0) is 11.3 Å². The Morgan fingerprint density at radius 3 is 2.85 bits per heavy atom. The summed E-state index contributed by atoms with van der Waals surface area (Å²) in [6.45, 7) is 5.45. The molecule has 6 heteroatoms. The first kappa shape index (κ1) is 13.7. The van der Waals surface area contributed by atoms with Crippen LogP contribution in [-0.4, -0.2) is 47.3 Å². The molecule has 20 heavy (non-hydrogen) atoms. The largest absolute Gasteiger partial charge is 0.379 e. The van der Waals surface area contributed by atoms with Crippen LogP contribution in [0.3, 0.4) is 0 Å². The second-order valence-corrected chi connectivity index (χ2v) is 5.41. The highest BCUT2D eigenvalue weighted by atomic mass is 32.1. The number of morpholine rings is 1. The van der Waals surface area contributed by atoms with Crippen LogP contribution in [0.1, 0.15) is 6.42 Å². The number of para-hydroxylation sites is 1. The first-order valence-electron chi connectivity index (χ1n) is 6.93. The lowest BCUT2D eigenvalue weighted by molar-refractivity contribution is 0.0369. The maximum Gasteiger partial charge on any atom is 0.178 e. The minimum absolute atomic E-state index is 0.250. The molecule has 2 aromatic rings. The lowest BCUT2D eigenvalue weighted by Gasteiger charge is -2.26. The number of aromatic amines is 1. The van der Waals surface area contributed by atoms with Gasteiger partial charge in [0.2, 0.25) is 0 Å². The molecule has 4 nitrogen and oxygen atoms in total. The van der Waals surface area contributed by atoms with E-state index in [1.54, 1.807) is 6.07 Å².